The molecule has 1 fully saturated rings. The fourth-order valence-electron chi connectivity index (χ4n) is 3.28. The van der Waals surface area contributed by atoms with Gasteiger partial charge in [-0.25, -0.2) is 0 Å². The zero-order valence-electron chi connectivity index (χ0n) is 13.6. The number of aromatic nitrogens is 2. The van der Waals surface area contributed by atoms with Crippen molar-refractivity contribution in [3.8, 4) is 17.0 Å². The SMILES string of the molecule is CN1CCC[C@@H](Nc2ccc(-c3ccc4sccc4c3O)nn2)C1. The van der Waals surface area contributed by atoms with E-state index in [1.165, 1.54) is 6.42 Å². The molecule has 1 aliphatic heterocycles. The van der Waals surface area contributed by atoms with Gasteiger partial charge in [0.1, 0.15) is 11.6 Å². The molecule has 0 saturated carbocycles. The summed E-state index contributed by atoms with van der Waals surface area (Å²) in [5.41, 5.74) is 1.41. The van der Waals surface area contributed by atoms with Crippen LogP contribution < -0.4 is 5.32 Å². The van der Waals surface area contributed by atoms with Crippen molar-refractivity contribution in [3.63, 3.8) is 0 Å². The molecule has 0 spiro atoms. The number of likely N-dealkylation sites (tertiary alicyclic amines) is 1. The highest BCUT2D eigenvalue weighted by Crippen LogP contribution is 2.37. The first-order chi connectivity index (χ1) is 11.7. The largest absolute Gasteiger partial charge is 0.507 e. The Morgan fingerprint density at radius 2 is 2.12 bits per heavy atom. The van der Waals surface area contributed by atoms with Crippen LogP contribution >= 0.6 is 11.3 Å². The Hall–Kier alpha value is -2.18. The quantitative estimate of drug-likeness (QED) is 0.763. The molecule has 0 unspecified atom stereocenters. The van der Waals surface area contributed by atoms with Gasteiger partial charge in [-0.2, -0.15) is 0 Å². The summed E-state index contributed by atoms with van der Waals surface area (Å²) in [5.74, 6) is 1.06. The van der Waals surface area contributed by atoms with Crippen LogP contribution in [-0.4, -0.2) is 46.4 Å². The highest BCUT2D eigenvalue weighted by molar-refractivity contribution is 7.17. The molecule has 1 atom stereocenters. The van der Waals surface area contributed by atoms with Crippen LogP contribution in [0.15, 0.2) is 35.7 Å². The Bertz CT molecular complexity index is 846. The number of piperidine rings is 1. The summed E-state index contributed by atoms with van der Waals surface area (Å²) in [4.78, 5) is 2.33. The van der Waals surface area contributed by atoms with Gasteiger partial charge in [-0.05, 0) is 62.1 Å². The molecular formula is C18H20N4OS. The second-order valence-electron chi connectivity index (χ2n) is 6.34. The van der Waals surface area contributed by atoms with Gasteiger partial charge >= 0.3 is 0 Å². The van der Waals surface area contributed by atoms with Crippen molar-refractivity contribution in [3.05, 3.63) is 35.7 Å². The molecule has 2 aromatic heterocycles. The topological polar surface area (TPSA) is 61.3 Å². The van der Waals surface area contributed by atoms with E-state index in [0.717, 1.165) is 41.0 Å². The van der Waals surface area contributed by atoms with E-state index in [1.807, 2.05) is 35.7 Å². The van der Waals surface area contributed by atoms with Gasteiger partial charge in [-0.1, -0.05) is 0 Å². The Balaban J connectivity index is 1.55. The Labute approximate surface area is 145 Å². The van der Waals surface area contributed by atoms with Gasteiger partial charge in [0.25, 0.3) is 0 Å². The van der Waals surface area contributed by atoms with Gasteiger partial charge < -0.3 is 15.3 Å². The zero-order chi connectivity index (χ0) is 16.5. The van der Waals surface area contributed by atoms with E-state index in [0.29, 0.717) is 11.7 Å². The van der Waals surface area contributed by atoms with Gasteiger partial charge in [0.05, 0.1) is 5.69 Å². The molecule has 124 valence electrons. The molecule has 1 saturated heterocycles. The fourth-order valence-corrected chi connectivity index (χ4v) is 4.07. The minimum atomic E-state index is 0.276. The molecule has 2 N–H and O–H groups in total. The lowest BCUT2D eigenvalue weighted by atomic mass is 10.1. The third-order valence-corrected chi connectivity index (χ3v) is 5.41. The predicted octanol–water partition coefficient (Wildman–Crippen LogP) is 3.57. The van der Waals surface area contributed by atoms with E-state index in [9.17, 15) is 5.11 Å². The van der Waals surface area contributed by atoms with Crippen molar-refractivity contribution in [2.75, 3.05) is 25.5 Å². The summed E-state index contributed by atoms with van der Waals surface area (Å²) < 4.78 is 1.07. The van der Waals surface area contributed by atoms with Crippen LogP contribution in [0, 0.1) is 0 Å². The first-order valence-electron chi connectivity index (χ1n) is 8.19. The first-order valence-corrected chi connectivity index (χ1v) is 9.07. The lowest BCUT2D eigenvalue weighted by molar-refractivity contribution is 0.260. The van der Waals surface area contributed by atoms with Crippen LogP contribution in [0.3, 0.4) is 0 Å². The number of anilines is 1. The monoisotopic (exact) mass is 340 g/mol. The number of benzene rings is 1. The highest BCUT2D eigenvalue weighted by atomic mass is 32.1. The van der Waals surface area contributed by atoms with Crippen molar-refractivity contribution in [2.24, 2.45) is 0 Å². The molecule has 4 rings (SSSR count). The molecule has 24 heavy (non-hydrogen) atoms. The fraction of sp³-hybridized carbons (Fsp3) is 0.333. The van der Waals surface area contributed by atoms with Crippen LogP contribution in [0.4, 0.5) is 5.82 Å². The number of phenolic OH excluding ortho intramolecular Hbond substituents is 1. The van der Waals surface area contributed by atoms with Crippen molar-refractivity contribution >= 4 is 27.2 Å². The van der Waals surface area contributed by atoms with Gasteiger partial charge in [0.15, 0.2) is 0 Å². The Morgan fingerprint density at radius 1 is 1.21 bits per heavy atom. The lowest BCUT2D eigenvalue weighted by Crippen LogP contribution is -2.39. The smallest absolute Gasteiger partial charge is 0.148 e. The Kier molecular flexibility index (Phi) is 4.08. The van der Waals surface area contributed by atoms with Crippen molar-refractivity contribution < 1.29 is 5.11 Å². The molecule has 0 bridgehead atoms. The van der Waals surface area contributed by atoms with Crippen LogP contribution in [0.2, 0.25) is 0 Å². The summed E-state index contributed by atoms with van der Waals surface area (Å²) >= 11 is 1.62. The molecule has 3 heterocycles. The third kappa shape index (κ3) is 2.95. The van der Waals surface area contributed by atoms with Crippen molar-refractivity contribution in [2.45, 2.75) is 18.9 Å². The van der Waals surface area contributed by atoms with Crippen LogP contribution in [0.5, 0.6) is 5.75 Å². The normalized spacial score (nSPS) is 18.8. The maximum absolute atomic E-state index is 10.5. The minimum Gasteiger partial charge on any atom is -0.507 e. The van der Waals surface area contributed by atoms with Crippen LogP contribution in [-0.2, 0) is 0 Å². The molecule has 0 aliphatic carbocycles. The molecule has 1 aliphatic rings. The average molecular weight is 340 g/mol. The predicted molar refractivity (Wildman–Crippen MR) is 98.7 cm³/mol. The summed E-state index contributed by atoms with van der Waals surface area (Å²) in [6.07, 6.45) is 2.36. The van der Waals surface area contributed by atoms with Gasteiger partial charge in [0.2, 0.25) is 0 Å². The average Bonchev–Trinajstić information content (AvgIpc) is 3.06. The van der Waals surface area contributed by atoms with E-state index in [1.54, 1.807) is 11.3 Å². The summed E-state index contributed by atoms with van der Waals surface area (Å²) in [6.45, 7) is 2.19. The molecule has 1 aromatic carbocycles. The number of hydrogen-bond donors (Lipinski definition) is 2. The maximum Gasteiger partial charge on any atom is 0.148 e. The number of aromatic hydroxyl groups is 1. The van der Waals surface area contributed by atoms with E-state index in [4.69, 9.17) is 0 Å². The molecule has 5 nitrogen and oxygen atoms in total. The number of thiophene rings is 1. The lowest BCUT2D eigenvalue weighted by Gasteiger charge is -2.30. The summed E-state index contributed by atoms with van der Waals surface area (Å²) in [6, 6.07) is 10.1. The van der Waals surface area contributed by atoms with Crippen molar-refractivity contribution in [1.29, 1.82) is 0 Å². The summed E-state index contributed by atoms with van der Waals surface area (Å²) in [5, 5.41) is 25.4. The second kappa shape index (κ2) is 6.37. The van der Waals surface area contributed by atoms with Crippen molar-refractivity contribution in [1.82, 2.24) is 15.1 Å². The van der Waals surface area contributed by atoms with E-state index < -0.39 is 0 Å². The highest BCUT2D eigenvalue weighted by Gasteiger charge is 2.17. The van der Waals surface area contributed by atoms with Gasteiger partial charge in [-0.3, -0.25) is 0 Å². The van der Waals surface area contributed by atoms with Crippen LogP contribution in [0.25, 0.3) is 21.3 Å². The van der Waals surface area contributed by atoms with Gasteiger partial charge in [-0.15, -0.1) is 21.5 Å². The Morgan fingerprint density at radius 3 is 2.92 bits per heavy atom. The number of likely N-dealkylation sites (N-methyl/N-ethyl adjacent to an activating group) is 1. The number of hydrogen-bond acceptors (Lipinski definition) is 6. The first kappa shape index (κ1) is 15.4. The van der Waals surface area contributed by atoms with Gasteiger partial charge in [0, 0.05) is 28.2 Å². The standard InChI is InChI=1S/C18H20N4OS/c1-22-9-2-3-12(11-22)19-17-7-5-15(20-21-17)13-4-6-16-14(18(13)23)8-10-24-16/h4-8,10,12,23H,2-3,9,11H2,1H3,(H,19,21)/t12-/m1/s1. The zero-order valence-corrected chi connectivity index (χ0v) is 14.4. The third-order valence-electron chi connectivity index (χ3n) is 4.52. The maximum atomic E-state index is 10.5. The molecule has 3 aromatic rings. The molecule has 0 radical (unpaired) electrons. The number of nitrogens with one attached hydrogen (secondary N) is 1. The number of fused-ring (bicyclic) bond motifs is 1. The molecular weight excluding hydrogens is 320 g/mol. The molecule has 0 amide bonds. The second-order valence-corrected chi connectivity index (χ2v) is 7.29. The van der Waals surface area contributed by atoms with E-state index in [-0.39, 0.29) is 5.75 Å². The minimum absolute atomic E-state index is 0.276. The molecule has 6 heteroatoms. The van der Waals surface area contributed by atoms with Crippen LogP contribution in [0.1, 0.15) is 12.8 Å². The number of phenols is 1. The number of nitrogens with zero attached hydrogens (tertiary/aromatic N) is 3. The van der Waals surface area contributed by atoms with E-state index >= 15 is 0 Å². The summed E-state index contributed by atoms with van der Waals surface area (Å²) in [7, 11) is 2.14. The number of rotatable bonds is 3. The van der Waals surface area contributed by atoms with E-state index in [2.05, 4.69) is 27.5 Å².